The third kappa shape index (κ3) is 3.25. The second kappa shape index (κ2) is 6.64. The van der Waals surface area contributed by atoms with Gasteiger partial charge >= 0.3 is 5.97 Å². The second-order valence-corrected chi connectivity index (χ2v) is 5.95. The summed E-state index contributed by atoms with van der Waals surface area (Å²) >= 11 is 5.78. The minimum Gasteiger partial charge on any atom is -0.461 e. The quantitative estimate of drug-likeness (QED) is 0.333. The summed E-state index contributed by atoms with van der Waals surface area (Å²) in [4.78, 5) is 35.6. The van der Waals surface area contributed by atoms with Crippen molar-refractivity contribution in [3.05, 3.63) is 55.9 Å². The maximum absolute atomic E-state index is 13.0. The molecule has 1 aliphatic rings. The Balaban J connectivity index is 2.12. The molecule has 0 atom stereocenters. The maximum Gasteiger partial charge on any atom is 0.361 e. The van der Waals surface area contributed by atoms with Gasteiger partial charge in [0.2, 0.25) is 11.5 Å². The largest absolute Gasteiger partial charge is 0.461 e. The summed E-state index contributed by atoms with van der Waals surface area (Å²) in [5, 5.41) is 15.1. The van der Waals surface area contributed by atoms with E-state index in [0.717, 1.165) is 18.9 Å². The first-order valence-electron chi connectivity index (χ1n) is 7.59. The highest BCUT2D eigenvalue weighted by atomic mass is 35.5. The summed E-state index contributed by atoms with van der Waals surface area (Å²) in [5.74, 6) is -1.29. The Morgan fingerprint density at radius 1 is 1.44 bits per heavy atom. The summed E-state index contributed by atoms with van der Waals surface area (Å²) in [5.41, 5.74) is -0.982. The van der Waals surface area contributed by atoms with E-state index in [9.17, 15) is 19.7 Å². The van der Waals surface area contributed by atoms with Gasteiger partial charge in [-0.25, -0.2) is 4.79 Å². The summed E-state index contributed by atoms with van der Waals surface area (Å²) in [7, 11) is 0. The number of ether oxygens (including phenoxy) is 1. The molecular weight excluding hydrogens is 352 g/mol. The zero-order valence-electron chi connectivity index (χ0n) is 13.2. The van der Waals surface area contributed by atoms with Gasteiger partial charge < -0.3 is 9.26 Å². The Hall–Kier alpha value is -2.74. The van der Waals surface area contributed by atoms with Gasteiger partial charge in [0.1, 0.15) is 11.1 Å². The molecule has 1 aliphatic carbocycles. The number of aromatic nitrogens is 1. The molecule has 0 radical (unpaired) electrons. The number of hydrogen-bond donors (Lipinski definition) is 0. The Morgan fingerprint density at radius 2 is 2.16 bits per heavy atom. The topological polar surface area (TPSA) is 113 Å². The van der Waals surface area contributed by atoms with Crippen molar-refractivity contribution >= 4 is 29.0 Å². The maximum atomic E-state index is 13.0. The average molecular weight is 365 g/mol. The molecule has 1 aromatic heterocycles. The Morgan fingerprint density at radius 3 is 2.76 bits per heavy atom. The SMILES string of the molecule is CCOC(=O)c1noc(C2CC2)c1C(=O)c1ccc(Cl)cc1[N+](=O)[O-]. The number of nitrogens with zero attached hydrogens (tertiary/aromatic N) is 2. The molecule has 3 rings (SSSR count). The van der Waals surface area contributed by atoms with E-state index in [1.807, 2.05) is 0 Å². The predicted octanol–water partition coefficient (Wildman–Crippen LogP) is 3.52. The lowest BCUT2D eigenvalue weighted by atomic mass is 9.98. The summed E-state index contributed by atoms with van der Waals surface area (Å²) in [6.07, 6.45) is 1.58. The van der Waals surface area contributed by atoms with Crippen molar-refractivity contribution in [2.75, 3.05) is 6.61 Å². The molecule has 130 valence electrons. The van der Waals surface area contributed by atoms with Crippen LogP contribution in [0.1, 0.15) is 57.9 Å². The smallest absolute Gasteiger partial charge is 0.361 e. The third-order valence-electron chi connectivity index (χ3n) is 3.76. The molecule has 0 bridgehead atoms. The van der Waals surface area contributed by atoms with Crippen LogP contribution in [-0.4, -0.2) is 28.4 Å². The van der Waals surface area contributed by atoms with E-state index in [1.54, 1.807) is 6.92 Å². The zero-order chi connectivity index (χ0) is 18.1. The highest BCUT2D eigenvalue weighted by Crippen LogP contribution is 2.43. The molecule has 0 aliphatic heterocycles. The number of hydrogen-bond acceptors (Lipinski definition) is 7. The monoisotopic (exact) mass is 364 g/mol. The van der Waals surface area contributed by atoms with Crippen LogP contribution in [0.3, 0.4) is 0 Å². The molecule has 8 nitrogen and oxygen atoms in total. The first kappa shape index (κ1) is 17.1. The number of rotatable bonds is 6. The summed E-state index contributed by atoms with van der Waals surface area (Å²) in [6.45, 7) is 1.71. The van der Waals surface area contributed by atoms with Gasteiger partial charge in [0.15, 0.2) is 5.76 Å². The van der Waals surface area contributed by atoms with Crippen LogP contribution in [0.4, 0.5) is 5.69 Å². The van der Waals surface area contributed by atoms with Gasteiger partial charge in [0, 0.05) is 17.0 Å². The van der Waals surface area contributed by atoms with E-state index in [0.29, 0.717) is 0 Å². The number of esters is 1. The van der Waals surface area contributed by atoms with E-state index >= 15 is 0 Å². The van der Waals surface area contributed by atoms with Crippen molar-refractivity contribution in [3.63, 3.8) is 0 Å². The first-order valence-corrected chi connectivity index (χ1v) is 7.97. The normalized spacial score (nSPS) is 13.5. The molecule has 0 unspecified atom stereocenters. The van der Waals surface area contributed by atoms with Crippen molar-refractivity contribution in [2.24, 2.45) is 0 Å². The van der Waals surface area contributed by atoms with Gasteiger partial charge in [-0.05, 0) is 31.9 Å². The van der Waals surface area contributed by atoms with Gasteiger partial charge in [-0.2, -0.15) is 0 Å². The van der Waals surface area contributed by atoms with Gasteiger partial charge in [-0.15, -0.1) is 0 Å². The van der Waals surface area contributed by atoms with Gasteiger partial charge in [0.25, 0.3) is 5.69 Å². The number of benzene rings is 1. The summed E-state index contributed by atoms with van der Waals surface area (Å²) < 4.78 is 10.1. The van der Waals surface area contributed by atoms with Gasteiger partial charge in [-0.1, -0.05) is 16.8 Å². The lowest BCUT2D eigenvalue weighted by molar-refractivity contribution is -0.385. The summed E-state index contributed by atoms with van der Waals surface area (Å²) in [6, 6.07) is 3.71. The van der Waals surface area contributed by atoms with Crippen molar-refractivity contribution in [1.82, 2.24) is 5.16 Å². The molecular formula is C16H13ClN2O6. The van der Waals surface area contributed by atoms with Crippen LogP contribution in [0.2, 0.25) is 5.02 Å². The molecule has 0 saturated heterocycles. The lowest BCUT2D eigenvalue weighted by Crippen LogP contribution is -2.14. The van der Waals surface area contributed by atoms with Crippen molar-refractivity contribution < 1.29 is 23.8 Å². The number of carbonyl (C=O) groups is 2. The Kier molecular flexibility index (Phi) is 4.54. The fourth-order valence-electron chi connectivity index (χ4n) is 2.47. The van der Waals surface area contributed by atoms with E-state index in [-0.39, 0.29) is 40.1 Å². The molecule has 1 saturated carbocycles. The van der Waals surface area contributed by atoms with E-state index in [2.05, 4.69) is 5.16 Å². The number of halogens is 1. The second-order valence-electron chi connectivity index (χ2n) is 5.51. The van der Waals surface area contributed by atoms with Crippen LogP contribution < -0.4 is 0 Å². The van der Waals surface area contributed by atoms with Crippen molar-refractivity contribution in [3.8, 4) is 0 Å². The molecule has 9 heteroatoms. The van der Waals surface area contributed by atoms with Crippen molar-refractivity contribution in [2.45, 2.75) is 25.7 Å². The fraction of sp³-hybridized carbons (Fsp3) is 0.312. The average Bonchev–Trinajstić information content (AvgIpc) is 3.32. The first-order chi connectivity index (χ1) is 11.9. The number of nitro benzene ring substituents is 1. The van der Waals surface area contributed by atoms with E-state index in [1.165, 1.54) is 12.1 Å². The van der Waals surface area contributed by atoms with E-state index < -0.39 is 22.4 Å². The molecule has 1 aromatic carbocycles. The molecule has 1 heterocycles. The minimum absolute atomic E-state index is 0.0269. The van der Waals surface area contributed by atoms with Gasteiger partial charge in [0.05, 0.1) is 11.5 Å². The molecule has 2 aromatic rings. The molecule has 0 spiro atoms. The van der Waals surface area contributed by atoms with Gasteiger partial charge in [-0.3, -0.25) is 14.9 Å². The van der Waals surface area contributed by atoms with Crippen LogP contribution in [0.15, 0.2) is 22.7 Å². The minimum atomic E-state index is -0.807. The molecule has 1 fully saturated rings. The highest BCUT2D eigenvalue weighted by molar-refractivity contribution is 6.31. The highest BCUT2D eigenvalue weighted by Gasteiger charge is 2.39. The predicted molar refractivity (Wildman–Crippen MR) is 86.0 cm³/mol. The molecule has 0 amide bonds. The van der Waals surface area contributed by atoms with Crippen LogP contribution in [0, 0.1) is 10.1 Å². The lowest BCUT2D eigenvalue weighted by Gasteiger charge is -2.05. The van der Waals surface area contributed by atoms with Crippen LogP contribution in [-0.2, 0) is 4.74 Å². The Bertz CT molecular complexity index is 872. The van der Waals surface area contributed by atoms with Crippen LogP contribution >= 0.6 is 11.6 Å². The van der Waals surface area contributed by atoms with Crippen molar-refractivity contribution in [1.29, 1.82) is 0 Å². The van der Waals surface area contributed by atoms with Crippen LogP contribution in [0.5, 0.6) is 0 Å². The molecule has 0 N–H and O–H groups in total. The standard InChI is InChI=1S/C16H13ClN2O6/c1-2-24-16(21)13-12(15(25-18-13)8-3-4-8)14(20)10-6-5-9(17)7-11(10)19(22)23/h5-8H,2-4H2,1H3. The number of carbonyl (C=O) groups excluding carboxylic acids is 2. The van der Waals surface area contributed by atoms with E-state index in [4.69, 9.17) is 20.9 Å². The third-order valence-corrected chi connectivity index (χ3v) is 4.00. The number of nitro groups is 1. The number of ketones is 1. The fourth-order valence-corrected chi connectivity index (χ4v) is 2.63. The molecule has 25 heavy (non-hydrogen) atoms. The van der Waals surface area contributed by atoms with Crippen LogP contribution in [0.25, 0.3) is 0 Å². The Labute approximate surface area is 146 Å². The zero-order valence-corrected chi connectivity index (χ0v) is 13.9.